The van der Waals surface area contributed by atoms with E-state index in [1.807, 2.05) is 0 Å². The van der Waals surface area contributed by atoms with Gasteiger partial charge in [-0.25, -0.2) is 9.40 Å². The van der Waals surface area contributed by atoms with Gasteiger partial charge in [0.15, 0.2) is 5.78 Å². The third-order valence-corrected chi connectivity index (χ3v) is 7.96. The molecule has 206 valence electrons. The first kappa shape index (κ1) is 29.7. The number of benzene rings is 3. The Morgan fingerprint density at radius 2 is 1.32 bits per heavy atom. The Morgan fingerprint density at radius 1 is 0.850 bits per heavy atom. The second-order valence-electron chi connectivity index (χ2n) is 8.25. The first-order valence-corrected chi connectivity index (χ1v) is 13.1. The molecule has 15 heteroatoms. The van der Waals surface area contributed by atoms with Gasteiger partial charge in [0.1, 0.15) is 11.9 Å². The normalized spacial score (nSPS) is 13.3. The van der Waals surface area contributed by atoms with Crippen molar-refractivity contribution >= 4 is 87.2 Å². The fourth-order valence-electron chi connectivity index (χ4n) is 4.04. The standard InChI is InChI=1S/C25H13Cl5FN3O6/c26-10-9-15(22(35)11-1-5-13(31)6-2-11)32(23(36)12-3-7-14(8-4-12)34(39)40)33-24(37)16-17(25(33)38)19(28)21(30)20(29)18(16)27/h1-8,15H,9-10H2/t15-/m1/s1. The molecule has 0 saturated heterocycles. The highest BCUT2D eigenvalue weighted by Crippen LogP contribution is 2.45. The van der Waals surface area contributed by atoms with Crippen molar-refractivity contribution < 1.29 is 28.5 Å². The molecule has 1 heterocycles. The maximum absolute atomic E-state index is 13.9. The lowest BCUT2D eigenvalue weighted by atomic mass is 10.0. The fourth-order valence-corrected chi connectivity index (χ4v) is 5.26. The Hall–Kier alpha value is -3.28. The van der Waals surface area contributed by atoms with E-state index in [1.54, 1.807) is 0 Å². The Labute approximate surface area is 250 Å². The number of nitrogens with zero attached hydrogens (tertiary/aromatic N) is 3. The van der Waals surface area contributed by atoms with Crippen molar-refractivity contribution in [1.82, 2.24) is 10.0 Å². The lowest BCUT2D eigenvalue weighted by Crippen LogP contribution is -2.57. The Kier molecular flexibility index (Phi) is 8.67. The minimum Gasteiger partial charge on any atom is -0.292 e. The third kappa shape index (κ3) is 5.13. The van der Waals surface area contributed by atoms with Gasteiger partial charge in [0.2, 0.25) is 0 Å². The molecule has 0 fully saturated rings. The zero-order valence-electron chi connectivity index (χ0n) is 19.7. The topological polar surface area (TPSA) is 118 Å². The highest BCUT2D eigenvalue weighted by atomic mass is 35.5. The molecule has 0 saturated carbocycles. The second-order valence-corrected chi connectivity index (χ2v) is 10.1. The van der Waals surface area contributed by atoms with Gasteiger partial charge >= 0.3 is 0 Å². The fraction of sp³-hybridized carbons (Fsp3) is 0.120. The van der Waals surface area contributed by atoms with E-state index < -0.39 is 61.5 Å². The number of non-ortho nitro benzene ring substituents is 1. The van der Waals surface area contributed by atoms with Crippen LogP contribution in [-0.4, -0.2) is 50.4 Å². The van der Waals surface area contributed by atoms with Crippen molar-refractivity contribution in [3.05, 3.63) is 107 Å². The molecule has 0 spiro atoms. The van der Waals surface area contributed by atoms with E-state index >= 15 is 0 Å². The maximum Gasteiger partial charge on any atom is 0.282 e. The van der Waals surface area contributed by atoms with E-state index in [9.17, 15) is 33.7 Å². The van der Waals surface area contributed by atoms with Gasteiger partial charge < -0.3 is 0 Å². The lowest BCUT2D eigenvalue weighted by Gasteiger charge is -2.36. The zero-order chi connectivity index (χ0) is 29.5. The highest BCUT2D eigenvalue weighted by molar-refractivity contribution is 6.55. The highest BCUT2D eigenvalue weighted by Gasteiger charge is 2.49. The molecule has 0 aromatic heterocycles. The lowest BCUT2D eigenvalue weighted by molar-refractivity contribution is -0.384. The molecule has 0 bridgehead atoms. The first-order valence-electron chi connectivity index (χ1n) is 11.1. The van der Waals surface area contributed by atoms with Gasteiger partial charge in [-0.05, 0) is 42.8 Å². The number of Topliss-reactive ketones (excluding diaryl/α,β-unsaturated/α-hetero) is 1. The van der Waals surface area contributed by atoms with E-state index in [0.29, 0.717) is 10.0 Å². The quantitative estimate of drug-likeness (QED) is 0.0500. The number of ketones is 1. The number of halogens is 6. The molecular formula is C25H13Cl5FN3O6. The predicted octanol–water partition coefficient (Wildman–Crippen LogP) is 6.88. The van der Waals surface area contributed by atoms with Crippen LogP contribution in [0.2, 0.25) is 20.1 Å². The number of nitro benzene ring substituents is 1. The van der Waals surface area contributed by atoms with Crippen molar-refractivity contribution in [2.45, 2.75) is 12.5 Å². The number of carbonyl (C=O) groups is 4. The smallest absolute Gasteiger partial charge is 0.282 e. The van der Waals surface area contributed by atoms with E-state index in [4.69, 9.17) is 58.0 Å². The Balaban J connectivity index is 1.91. The number of carbonyl (C=O) groups excluding carboxylic acids is 4. The Bertz CT molecular complexity index is 1540. The van der Waals surface area contributed by atoms with Crippen LogP contribution in [0.4, 0.5) is 10.1 Å². The number of rotatable bonds is 8. The van der Waals surface area contributed by atoms with Gasteiger partial charge in [0.05, 0.1) is 36.1 Å². The summed E-state index contributed by atoms with van der Waals surface area (Å²) in [5, 5.41) is 10.6. The van der Waals surface area contributed by atoms with Crippen LogP contribution in [0.5, 0.6) is 0 Å². The van der Waals surface area contributed by atoms with Crippen LogP contribution in [0.1, 0.15) is 47.9 Å². The summed E-state index contributed by atoms with van der Waals surface area (Å²) in [5.74, 6) is -5.01. The van der Waals surface area contributed by atoms with Crippen molar-refractivity contribution in [2.24, 2.45) is 0 Å². The van der Waals surface area contributed by atoms with Gasteiger partial charge in [-0.2, -0.15) is 5.01 Å². The molecule has 0 aliphatic carbocycles. The molecule has 1 aliphatic rings. The number of imide groups is 1. The van der Waals surface area contributed by atoms with Gasteiger partial charge in [0.25, 0.3) is 23.4 Å². The van der Waals surface area contributed by atoms with Crippen LogP contribution in [-0.2, 0) is 0 Å². The van der Waals surface area contributed by atoms with Crippen LogP contribution in [0.3, 0.4) is 0 Å². The van der Waals surface area contributed by atoms with E-state index in [1.165, 1.54) is 0 Å². The predicted molar refractivity (Wildman–Crippen MR) is 146 cm³/mol. The summed E-state index contributed by atoms with van der Waals surface area (Å²) < 4.78 is 13.5. The maximum atomic E-state index is 13.9. The molecule has 0 radical (unpaired) electrons. The molecule has 1 atom stereocenters. The summed E-state index contributed by atoms with van der Waals surface area (Å²) in [5.41, 5.74) is -1.53. The van der Waals surface area contributed by atoms with Crippen molar-refractivity contribution in [2.75, 3.05) is 5.88 Å². The molecule has 0 N–H and O–H groups in total. The summed E-state index contributed by atoms with van der Waals surface area (Å²) in [6.07, 6.45) is -0.271. The van der Waals surface area contributed by atoms with Crippen LogP contribution in [0.15, 0.2) is 48.5 Å². The number of hydrazine groups is 1. The number of hydrogen-bond acceptors (Lipinski definition) is 6. The number of amides is 3. The molecule has 9 nitrogen and oxygen atoms in total. The van der Waals surface area contributed by atoms with Gasteiger partial charge in [-0.15, -0.1) is 11.6 Å². The summed E-state index contributed by atoms with van der Waals surface area (Å²) in [7, 11) is 0. The van der Waals surface area contributed by atoms with Crippen molar-refractivity contribution in [3.63, 3.8) is 0 Å². The third-order valence-electron chi connectivity index (χ3n) is 5.94. The van der Waals surface area contributed by atoms with Crippen LogP contribution in [0, 0.1) is 15.9 Å². The summed E-state index contributed by atoms with van der Waals surface area (Å²) in [6.45, 7) is 0. The minimum absolute atomic E-state index is 0.0585. The van der Waals surface area contributed by atoms with Crippen LogP contribution >= 0.6 is 58.0 Å². The number of hydrogen-bond donors (Lipinski definition) is 0. The van der Waals surface area contributed by atoms with Gasteiger partial charge in [-0.1, -0.05) is 46.4 Å². The molecular weight excluding hydrogens is 635 g/mol. The summed E-state index contributed by atoms with van der Waals surface area (Å²) in [4.78, 5) is 65.3. The number of nitro groups is 1. The average Bonchev–Trinajstić information content (AvgIpc) is 3.20. The van der Waals surface area contributed by atoms with E-state index in [0.717, 1.165) is 48.5 Å². The largest absolute Gasteiger partial charge is 0.292 e. The van der Waals surface area contributed by atoms with Crippen molar-refractivity contribution in [3.8, 4) is 0 Å². The average molecular weight is 648 g/mol. The zero-order valence-corrected chi connectivity index (χ0v) is 23.4. The summed E-state index contributed by atoms with van der Waals surface area (Å²) >= 11 is 30.6. The molecule has 1 aliphatic heterocycles. The molecule has 3 aromatic carbocycles. The molecule has 0 unspecified atom stereocenters. The van der Waals surface area contributed by atoms with E-state index in [2.05, 4.69) is 0 Å². The summed E-state index contributed by atoms with van der Waals surface area (Å²) in [6, 6.07) is 6.97. The monoisotopic (exact) mass is 645 g/mol. The van der Waals surface area contributed by atoms with E-state index in [-0.39, 0.29) is 39.2 Å². The van der Waals surface area contributed by atoms with Crippen LogP contribution in [0.25, 0.3) is 0 Å². The second kappa shape index (κ2) is 11.7. The molecule has 3 amide bonds. The number of alkyl halides is 1. The minimum atomic E-state index is -1.59. The van der Waals surface area contributed by atoms with Gasteiger partial charge in [0, 0.05) is 29.1 Å². The van der Waals surface area contributed by atoms with Gasteiger partial charge in [-0.3, -0.25) is 29.3 Å². The molecule has 3 aromatic rings. The SMILES string of the molecule is O=C(c1ccc(F)cc1)[C@@H](CCCl)N(C(=O)c1ccc([N+](=O)[O-])cc1)N1C(=O)c2c(Cl)c(Cl)c(Cl)c(Cl)c2C1=O. The molecule has 4 rings (SSSR count). The Morgan fingerprint density at radius 3 is 1.77 bits per heavy atom. The molecule has 40 heavy (non-hydrogen) atoms. The van der Waals surface area contributed by atoms with Crippen molar-refractivity contribution in [1.29, 1.82) is 0 Å². The first-order chi connectivity index (χ1) is 18.9. The van der Waals surface area contributed by atoms with Crippen LogP contribution < -0.4 is 0 Å². The number of fused-ring (bicyclic) bond motifs is 1.